The highest BCUT2D eigenvalue weighted by atomic mass is 16.2. The Bertz CT molecular complexity index is 1100. The Morgan fingerprint density at radius 1 is 0.964 bits per heavy atom. The normalized spacial score (nSPS) is 15.9. The molecule has 0 atom stereocenters. The second-order valence-corrected chi connectivity index (χ2v) is 7.25. The van der Waals surface area contributed by atoms with Gasteiger partial charge in [0.2, 0.25) is 5.91 Å². The molecule has 6 heteroatoms. The molecule has 0 spiro atoms. The van der Waals surface area contributed by atoms with Crippen molar-refractivity contribution in [3.05, 3.63) is 70.9 Å². The fourth-order valence-corrected chi connectivity index (χ4v) is 4.19. The lowest BCUT2D eigenvalue weighted by atomic mass is 10.0. The van der Waals surface area contributed by atoms with Gasteiger partial charge in [-0.3, -0.25) is 19.3 Å². The van der Waals surface area contributed by atoms with Crippen LogP contribution in [0.15, 0.2) is 48.5 Å². The molecule has 2 aliphatic rings. The molecule has 0 bridgehead atoms. The Hall–Kier alpha value is -3.41. The molecule has 5 rings (SSSR count). The third-order valence-electron chi connectivity index (χ3n) is 5.66. The summed E-state index contributed by atoms with van der Waals surface area (Å²) < 4.78 is 0. The van der Waals surface area contributed by atoms with E-state index in [0.29, 0.717) is 24.2 Å². The molecule has 28 heavy (non-hydrogen) atoms. The summed E-state index contributed by atoms with van der Waals surface area (Å²) in [6, 6.07) is 14.9. The van der Waals surface area contributed by atoms with Gasteiger partial charge in [0.25, 0.3) is 11.8 Å². The zero-order chi connectivity index (χ0) is 19.3. The second-order valence-electron chi connectivity index (χ2n) is 7.25. The van der Waals surface area contributed by atoms with Crippen molar-refractivity contribution in [2.45, 2.75) is 19.4 Å². The third-order valence-corrected chi connectivity index (χ3v) is 5.66. The van der Waals surface area contributed by atoms with Crippen molar-refractivity contribution in [2.24, 2.45) is 0 Å². The van der Waals surface area contributed by atoms with E-state index in [1.807, 2.05) is 23.1 Å². The number of para-hydroxylation sites is 1. The van der Waals surface area contributed by atoms with Crippen LogP contribution in [0, 0.1) is 0 Å². The topological polar surface area (TPSA) is 73.5 Å². The SMILES string of the molecule is O=C(CCN1C(=O)c2ccccc2C1=O)N1CCc2[nH]c3ccccc3c2C1. The lowest BCUT2D eigenvalue weighted by Gasteiger charge is -2.28. The number of aromatic amines is 1. The molecular formula is C22H19N3O3. The fourth-order valence-electron chi connectivity index (χ4n) is 4.19. The largest absolute Gasteiger partial charge is 0.358 e. The van der Waals surface area contributed by atoms with Gasteiger partial charge in [-0.25, -0.2) is 0 Å². The van der Waals surface area contributed by atoms with E-state index in [0.717, 1.165) is 22.9 Å². The van der Waals surface area contributed by atoms with Gasteiger partial charge in [-0.15, -0.1) is 0 Å². The first-order chi connectivity index (χ1) is 13.6. The van der Waals surface area contributed by atoms with Crippen molar-refractivity contribution in [1.29, 1.82) is 0 Å². The molecule has 3 heterocycles. The van der Waals surface area contributed by atoms with Crippen LogP contribution >= 0.6 is 0 Å². The van der Waals surface area contributed by atoms with Crippen LogP contribution in [0.5, 0.6) is 0 Å². The van der Waals surface area contributed by atoms with Gasteiger partial charge in [-0.2, -0.15) is 0 Å². The molecule has 0 fully saturated rings. The number of carbonyl (C=O) groups is 3. The van der Waals surface area contributed by atoms with E-state index in [1.165, 1.54) is 10.6 Å². The van der Waals surface area contributed by atoms with E-state index < -0.39 is 0 Å². The predicted molar refractivity (Wildman–Crippen MR) is 104 cm³/mol. The molecule has 0 saturated carbocycles. The monoisotopic (exact) mass is 373 g/mol. The fraction of sp³-hybridized carbons (Fsp3) is 0.227. The summed E-state index contributed by atoms with van der Waals surface area (Å²) >= 11 is 0. The smallest absolute Gasteiger partial charge is 0.261 e. The predicted octanol–water partition coefficient (Wildman–Crippen LogP) is 2.74. The summed E-state index contributed by atoms with van der Waals surface area (Å²) in [5.74, 6) is -0.663. The maximum atomic E-state index is 12.8. The number of carbonyl (C=O) groups excluding carboxylic acids is 3. The molecule has 0 saturated heterocycles. The highest BCUT2D eigenvalue weighted by Crippen LogP contribution is 2.28. The zero-order valence-electron chi connectivity index (χ0n) is 15.3. The molecule has 0 unspecified atom stereocenters. The summed E-state index contributed by atoms with van der Waals surface area (Å²) in [5.41, 5.74) is 4.28. The number of imide groups is 1. The highest BCUT2D eigenvalue weighted by Gasteiger charge is 2.35. The molecule has 0 aliphatic carbocycles. The Labute approximate surface area is 161 Å². The maximum Gasteiger partial charge on any atom is 0.261 e. The van der Waals surface area contributed by atoms with E-state index in [1.54, 1.807) is 24.3 Å². The number of H-pyrrole nitrogens is 1. The zero-order valence-corrected chi connectivity index (χ0v) is 15.3. The van der Waals surface area contributed by atoms with Gasteiger partial charge in [0.15, 0.2) is 0 Å². The summed E-state index contributed by atoms with van der Waals surface area (Å²) in [5, 5.41) is 1.15. The van der Waals surface area contributed by atoms with E-state index >= 15 is 0 Å². The minimum atomic E-state index is -0.314. The number of benzene rings is 2. The quantitative estimate of drug-likeness (QED) is 0.718. The first kappa shape index (κ1) is 16.7. The molecule has 2 aromatic carbocycles. The molecule has 140 valence electrons. The van der Waals surface area contributed by atoms with E-state index in [2.05, 4.69) is 11.1 Å². The Kier molecular flexibility index (Phi) is 3.79. The van der Waals surface area contributed by atoms with Crippen molar-refractivity contribution in [3.63, 3.8) is 0 Å². The van der Waals surface area contributed by atoms with Gasteiger partial charge in [0.05, 0.1) is 11.1 Å². The van der Waals surface area contributed by atoms with Crippen molar-refractivity contribution in [3.8, 4) is 0 Å². The van der Waals surface area contributed by atoms with Crippen LogP contribution in [0.2, 0.25) is 0 Å². The standard InChI is InChI=1S/C22H19N3O3/c26-20(10-12-25-21(27)15-6-1-2-7-16(15)22(25)28)24-11-9-19-17(13-24)14-5-3-4-8-18(14)23-19/h1-8,23H,9-13H2. The number of nitrogens with zero attached hydrogens (tertiary/aromatic N) is 2. The van der Waals surface area contributed by atoms with Gasteiger partial charge < -0.3 is 9.88 Å². The van der Waals surface area contributed by atoms with Crippen LogP contribution in [-0.2, 0) is 17.8 Å². The van der Waals surface area contributed by atoms with E-state index in [4.69, 9.17) is 0 Å². The van der Waals surface area contributed by atoms with Crippen molar-refractivity contribution in [2.75, 3.05) is 13.1 Å². The molecule has 1 aromatic heterocycles. The highest BCUT2D eigenvalue weighted by molar-refractivity contribution is 6.21. The molecule has 6 nitrogen and oxygen atoms in total. The number of fused-ring (bicyclic) bond motifs is 4. The van der Waals surface area contributed by atoms with Gasteiger partial charge in [0, 0.05) is 54.6 Å². The average Bonchev–Trinajstić information content (AvgIpc) is 3.22. The molecular weight excluding hydrogens is 354 g/mol. The maximum absolute atomic E-state index is 12.8. The molecule has 0 radical (unpaired) electrons. The van der Waals surface area contributed by atoms with Crippen LogP contribution in [0.4, 0.5) is 0 Å². The van der Waals surface area contributed by atoms with Crippen LogP contribution in [0.1, 0.15) is 38.4 Å². The van der Waals surface area contributed by atoms with E-state index in [9.17, 15) is 14.4 Å². The minimum Gasteiger partial charge on any atom is -0.358 e. The van der Waals surface area contributed by atoms with Gasteiger partial charge in [0.1, 0.15) is 0 Å². The Morgan fingerprint density at radius 2 is 1.64 bits per heavy atom. The Morgan fingerprint density at radius 3 is 2.39 bits per heavy atom. The van der Waals surface area contributed by atoms with Crippen LogP contribution in [-0.4, -0.2) is 45.6 Å². The summed E-state index contributed by atoms with van der Waals surface area (Å²) in [6.45, 7) is 1.31. The first-order valence-corrected chi connectivity index (χ1v) is 9.45. The summed E-state index contributed by atoms with van der Waals surface area (Å²) in [4.78, 5) is 44.1. The van der Waals surface area contributed by atoms with Crippen LogP contribution < -0.4 is 0 Å². The molecule has 2 aliphatic heterocycles. The molecule has 3 amide bonds. The first-order valence-electron chi connectivity index (χ1n) is 9.45. The number of hydrogen-bond donors (Lipinski definition) is 1. The average molecular weight is 373 g/mol. The second kappa shape index (κ2) is 6.34. The van der Waals surface area contributed by atoms with Gasteiger partial charge >= 0.3 is 0 Å². The number of aromatic nitrogens is 1. The Balaban J connectivity index is 1.28. The van der Waals surface area contributed by atoms with Crippen LogP contribution in [0.25, 0.3) is 10.9 Å². The molecule has 1 N–H and O–H groups in total. The number of rotatable bonds is 3. The lowest BCUT2D eigenvalue weighted by molar-refractivity contribution is -0.132. The number of hydrogen-bond acceptors (Lipinski definition) is 3. The minimum absolute atomic E-state index is 0.0347. The van der Waals surface area contributed by atoms with Gasteiger partial charge in [-0.1, -0.05) is 30.3 Å². The summed E-state index contributed by atoms with van der Waals surface area (Å²) in [7, 11) is 0. The van der Waals surface area contributed by atoms with E-state index in [-0.39, 0.29) is 30.7 Å². The van der Waals surface area contributed by atoms with Crippen molar-refractivity contribution >= 4 is 28.6 Å². The summed E-state index contributed by atoms with van der Waals surface area (Å²) in [6.07, 6.45) is 0.923. The van der Waals surface area contributed by atoms with Crippen molar-refractivity contribution in [1.82, 2.24) is 14.8 Å². The number of nitrogens with one attached hydrogen (secondary N) is 1. The number of amides is 3. The van der Waals surface area contributed by atoms with Gasteiger partial charge in [-0.05, 0) is 18.2 Å². The van der Waals surface area contributed by atoms with Crippen LogP contribution in [0.3, 0.4) is 0 Å². The third kappa shape index (κ3) is 2.52. The molecule has 3 aromatic rings. The lowest BCUT2D eigenvalue weighted by Crippen LogP contribution is -2.39. The van der Waals surface area contributed by atoms with Crippen molar-refractivity contribution < 1.29 is 14.4 Å².